The van der Waals surface area contributed by atoms with Crippen molar-refractivity contribution in [3.8, 4) is 11.5 Å². The topological polar surface area (TPSA) is 76.7 Å². The van der Waals surface area contributed by atoms with Gasteiger partial charge in [0.25, 0.3) is 5.91 Å². The second-order valence-electron chi connectivity index (χ2n) is 6.33. The van der Waals surface area contributed by atoms with Gasteiger partial charge in [0.05, 0.1) is 12.5 Å². The van der Waals surface area contributed by atoms with Crippen molar-refractivity contribution in [2.24, 2.45) is 0 Å². The van der Waals surface area contributed by atoms with Gasteiger partial charge in [0.2, 0.25) is 5.91 Å². The van der Waals surface area contributed by atoms with Crippen molar-refractivity contribution in [2.45, 2.75) is 19.3 Å². The summed E-state index contributed by atoms with van der Waals surface area (Å²) < 4.78 is 10.7. The molecule has 0 saturated heterocycles. The van der Waals surface area contributed by atoms with Crippen LogP contribution < -0.4 is 20.1 Å². The van der Waals surface area contributed by atoms with Crippen LogP contribution >= 0.6 is 0 Å². The second kappa shape index (κ2) is 6.47. The molecule has 2 amide bonds. The normalized spacial score (nSPS) is 14.4. The number of hydrogen-bond donors (Lipinski definition) is 2. The zero-order valence-electron chi connectivity index (χ0n) is 14.4. The van der Waals surface area contributed by atoms with Gasteiger partial charge >= 0.3 is 0 Å². The largest absolute Gasteiger partial charge is 0.493 e. The van der Waals surface area contributed by atoms with E-state index in [9.17, 15) is 9.59 Å². The van der Waals surface area contributed by atoms with E-state index < -0.39 is 5.41 Å². The van der Waals surface area contributed by atoms with Crippen molar-refractivity contribution in [3.05, 3.63) is 48.0 Å². The molecule has 3 rings (SSSR count). The lowest BCUT2D eigenvalue weighted by molar-refractivity contribution is -0.120. The average molecular weight is 340 g/mol. The van der Waals surface area contributed by atoms with E-state index in [0.717, 1.165) is 11.3 Å². The zero-order chi connectivity index (χ0) is 18.0. The SMILES string of the molecule is COc1ccccc1OCC(=O)Nc1ccc2c(c1)C(C)(C)C(=O)N2. The van der Waals surface area contributed by atoms with Crippen LogP contribution in [0.25, 0.3) is 0 Å². The summed E-state index contributed by atoms with van der Waals surface area (Å²) in [5.41, 5.74) is 1.64. The third-order valence-corrected chi connectivity index (χ3v) is 4.22. The number of carbonyl (C=O) groups is 2. The first-order chi connectivity index (χ1) is 11.9. The minimum Gasteiger partial charge on any atom is -0.493 e. The summed E-state index contributed by atoms with van der Waals surface area (Å²) >= 11 is 0. The Morgan fingerprint density at radius 2 is 1.88 bits per heavy atom. The molecule has 2 aromatic carbocycles. The summed E-state index contributed by atoms with van der Waals surface area (Å²) in [4.78, 5) is 24.1. The molecular weight excluding hydrogens is 320 g/mol. The summed E-state index contributed by atoms with van der Waals surface area (Å²) in [5.74, 6) is 0.732. The lowest BCUT2D eigenvalue weighted by Gasteiger charge is -2.16. The highest BCUT2D eigenvalue weighted by Crippen LogP contribution is 2.38. The van der Waals surface area contributed by atoms with Crippen LogP contribution in [0.2, 0.25) is 0 Å². The van der Waals surface area contributed by atoms with E-state index in [-0.39, 0.29) is 18.4 Å². The molecule has 6 nitrogen and oxygen atoms in total. The molecule has 0 spiro atoms. The fraction of sp³-hybridized carbons (Fsp3) is 0.263. The maximum atomic E-state index is 12.2. The maximum Gasteiger partial charge on any atom is 0.262 e. The van der Waals surface area contributed by atoms with Gasteiger partial charge in [0.15, 0.2) is 18.1 Å². The van der Waals surface area contributed by atoms with E-state index in [0.29, 0.717) is 17.2 Å². The van der Waals surface area contributed by atoms with Gasteiger partial charge in [-0.1, -0.05) is 12.1 Å². The van der Waals surface area contributed by atoms with E-state index in [4.69, 9.17) is 9.47 Å². The summed E-state index contributed by atoms with van der Waals surface area (Å²) in [5, 5.41) is 5.63. The second-order valence-corrected chi connectivity index (χ2v) is 6.33. The quantitative estimate of drug-likeness (QED) is 0.877. The maximum absolute atomic E-state index is 12.2. The van der Waals surface area contributed by atoms with Gasteiger partial charge in [-0.25, -0.2) is 0 Å². The predicted octanol–water partition coefficient (Wildman–Crippen LogP) is 2.94. The standard InChI is InChI=1S/C19H20N2O4/c1-19(2)13-10-12(8-9-14(13)21-18(19)23)20-17(22)11-25-16-7-5-4-6-15(16)24-3/h4-10H,11H2,1-3H3,(H,20,22)(H,21,23). The Bertz CT molecular complexity index is 830. The Kier molecular flexibility index (Phi) is 4.35. The summed E-state index contributed by atoms with van der Waals surface area (Å²) in [6.07, 6.45) is 0. The highest BCUT2D eigenvalue weighted by Gasteiger charge is 2.38. The van der Waals surface area contributed by atoms with Crippen LogP contribution in [0.3, 0.4) is 0 Å². The Morgan fingerprint density at radius 3 is 2.60 bits per heavy atom. The number of amides is 2. The molecule has 130 valence electrons. The minimum atomic E-state index is -0.621. The van der Waals surface area contributed by atoms with Crippen molar-refractivity contribution < 1.29 is 19.1 Å². The third-order valence-electron chi connectivity index (χ3n) is 4.22. The van der Waals surface area contributed by atoms with Gasteiger partial charge in [-0.2, -0.15) is 0 Å². The number of para-hydroxylation sites is 2. The number of benzene rings is 2. The summed E-state index contributed by atoms with van der Waals surface area (Å²) in [6.45, 7) is 3.56. The molecule has 0 fully saturated rings. The average Bonchev–Trinajstić information content (AvgIpc) is 2.83. The molecule has 1 aliphatic rings. The molecule has 2 N–H and O–H groups in total. The molecule has 25 heavy (non-hydrogen) atoms. The molecule has 0 aliphatic carbocycles. The molecule has 1 heterocycles. The number of methoxy groups -OCH3 is 1. The molecule has 1 aliphatic heterocycles. The first-order valence-corrected chi connectivity index (χ1v) is 7.93. The summed E-state index contributed by atoms with van der Waals surface area (Å²) in [7, 11) is 1.55. The number of nitrogens with one attached hydrogen (secondary N) is 2. The molecule has 2 aromatic rings. The number of fused-ring (bicyclic) bond motifs is 1. The van der Waals surface area contributed by atoms with Crippen molar-refractivity contribution in [1.29, 1.82) is 0 Å². The monoisotopic (exact) mass is 340 g/mol. The molecule has 0 saturated carbocycles. The molecule has 0 unspecified atom stereocenters. The highest BCUT2D eigenvalue weighted by molar-refractivity contribution is 6.06. The third kappa shape index (κ3) is 3.28. The van der Waals surface area contributed by atoms with Gasteiger partial charge in [-0.05, 0) is 49.7 Å². The van der Waals surface area contributed by atoms with Crippen LogP contribution in [0.15, 0.2) is 42.5 Å². The Labute approximate surface area is 146 Å². The molecular formula is C19H20N2O4. The van der Waals surface area contributed by atoms with Crippen LogP contribution in [0, 0.1) is 0 Å². The van der Waals surface area contributed by atoms with Crippen molar-refractivity contribution in [3.63, 3.8) is 0 Å². The number of ether oxygens (including phenoxy) is 2. The fourth-order valence-corrected chi connectivity index (χ4v) is 2.73. The first-order valence-electron chi connectivity index (χ1n) is 7.93. The van der Waals surface area contributed by atoms with Gasteiger partial charge in [0, 0.05) is 11.4 Å². The number of carbonyl (C=O) groups excluding carboxylic acids is 2. The molecule has 0 bridgehead atoms. The van der Waals surface area contributed by atoms with Crippen molar-refractivity contribution in [1.82, 2.24) is 0 Å². The van der Waals surface area contributed by atoms with Gasteiger partial charge < -0.3 is 20.1 Å². The van der Waals surface area contributed by atoms with E-state index in [1.165, 1.54) is 0 Å². The Hall–Kier alpha value is -3.02. The number of anilines is 2. The predicted molar refractivity (Wildman–Crippen MR) is 95.2 cm³/mol. The lowest BCUT2D eigenvalue weighted by Crippen LogP contribution is -2.27. The molecule has 0 radical (unpaired) electrons. The highest BCUT2D eigenvalue weighted by atomic mass is 16.5. The first kappa shape index (κ1) is 16.8. The minimum absolute atomic E-state index is 0.0505. The van der Waals surface area contributed by atoms with Crippen LogP contribution in [-0.2, 0) is 15.0 Å². The van der Waals surface area contributed by atoms with Crippen LogP contribution in [0.4, 0.5) is 11.4 Å². The van der Waals surface area contributed by atoms with Gasteiger partial charge in [0.1, 0.15) is 0 Å². The van der Waals surface area contributed by atoms with Crippen LogP contribution in [-0.4, -0.2) is 25.5 Å². The molecule has 6 heteroatoms. The van der Waals surface area contributed by atoms with E-state index in [2.05, 4.69) is 10.6 Å². The van der Waals surface area contributed by atoms with E-state index in [1.807, 2.05) is 32.0 Å². The molecule has 0 aromatic heterocycles. The van der Waals surface area contributed by atoms with Gasteiger partial charge in [-0.3, -0.25) is 9.59 Å². The smallest absolute Gasteiger partial charge is 0.262 e. The Morgan fingerprint density at radius 1 is 1.16 bits per heavy atom. The number of hydrogen-bond acceptors (Lipinski definition) is 4. The fourth-order valence-electron chi connectivity index (χ4n) is 2.73. The molecule has 0 atom stereocenters. The summed E-state index contributed by atoms with van der Waals surface area (Å²) in [6, 6.07) is 12.5. The Balaban J connectivity index is 1.66. The van der Waals surface area contributed by atoms with Crippen LogP contribution in [0.1, 0.15) is 19.4 Å². The van der Waals surface area contributed by atoms with E-state index >= 15 is 0 Å². The number of rotatable bonds is 5. The van der Waals surface area contributed by atoms with Gasteiger partial charge in [-0.15, -0.1) is 0 Å². The van der Waals surface area contributed by atoms with Crippen LogP contribution in [0.5, 0.6) is 11.5 Å². The van der Waals surface area contributed by atoms with Crippen molar-refractivity contribution >= 4 is 23.2 Å². The zero-order valence-corrected chi connectivity index (χ0v) is 14.4. The van der Waals surface area contributed by atoms with Crippen molar-refractivity contribution in [2.75, 3.05) is 24.4 Å². The van der Waals surface area contributed by atoms with E-state index in [1.54, 1.807) is 31.4 Å². The lowest BCUT2D eigenvalue weighted by atomic mass is 9.86.